The molecule has 34 heavy (non-hydrogen) atoms. The predicted octanol–water partition coefficient (Wildman–Crippen LogP) is 3.97. The smallest absolute Gasteiger partial charge is 0.246 e. The fraction of sp³-hybridized carbons (Fsp3) is 0.536. The van der Waals surface area contributed by atoms with Gasteiger partial charge in [0.1, 0.15) is 6.10 Å². The molecule has 3 fully saturated rings. The molecule has 1 N–H and O–H groups in total. The number of phenolic OH excluding ortho intramolecular Hbond substituents is 1. The molecule has 3 heterocycles. The summed E-state index contributed by atoms with van der Waals surface area (Å²) in [6, 6.07) is 6.28. The van der Waals surface area contributed by atoms with Crippen molar-refractivity contribution in [1.82, 2.24) is 9.80 Å². The van der Waals surface area contributed by atoms with E-state index < -0.39 is 0 Å². The van der Waals surface area contributed by atoms with Crippen molar-refractivity contribution in [3.63, 3.8) is 0 Å². The highest BCUT2D eigenvalue weighted by Crippen LogP contribution is 2.64. The summed E-state index contributed by atoms with van der Waals surface area (Å²) in [5, 5.41) is 10.8. The van der Waals surface area contributed by atoms with Crippen LogP contribution in [0.1, 0.15) is 48.8 Å². The molecule has 5 atom stereocenters. The Balaban J connectivity index is 1.24. The monoisotopic (exact) mass is 460 g/mol. The minimum atomic E-state index is -0.115. The number of phenols is 1. The van der Waals surface area contributed by atoms with Crippen molar-refractivity contribution in [2.45, 2.75) is 62.1 Å². The number of benzene rings is 1. The Bertz CT molecular complexity index is 1150. The number of carbonyl (C=O) groups excluding carboxylic acids is 1. The molecule has 1 aromatic carbocycles. The lowest BCUT2D eigenvalue weighted by Crippen LogP contribution is -2.69. The Hall–Kier alpha value is -2.73. The number of rotatable bonds is 5. The number of ether oxygens (including phenoxy) is 1. The van der Waals surface area contributed by atoms with E-state index in [0.29, 0.717) is 17.7 Å². The van der Waals surface area contributed by atoms with E-state index in [2.05, 4.69) is 11.0 Å². The number of hydrogen-bond donors (Lipinski definition) is 1. The average Bonchev–Trinajstić information content (AvgIpc) is 3.36. The zero-order valence-electron chi connectivity index (χ0n) is 19.7. The Morgan fingerprint density at radius 3 is 2.94 bits per heavy atom. The molecule has 2 aromatic rings. The maximum absolute atomic E-state index is 13.2. The molecule has 1 saturated heterocycles. The molecular formula is C28H32N2O4. The first-order chi connectivity index (χ1) is 16.6. The summed E-state index contributed by atoms with van der Waals surface area (Å²) in [7, 11) is 1.90. The zero-order valence-corrected chi connectivity index (χ0v) is 19.7. The summed E-state index contributed by atoms with van der Waals surface area (Å²) >= 11 is 0. The third kappa shape index (κ3) is 2.87. The zero-order chi connectivity index (χ0) is 23.0. The van der Waals surface area contributed by atoms with Gasteiger partial charge < -0.3 is 19.2 Å². The van der Waals surface area contributed by atoms with Crippen molar-refractivity contribution in [3.05, 3.63) is 53.5 Å². The molecule has 6 nitrogen and oxygen atoms in total. The van der Waals surface area contributed by atoms with Crippen LogP contribution in [0.15, 0.2) is 41.2 Å². The van der Waals surface area contributed by atoms with Crippen molar-refractivity contribution in [2.24, 2.45) is 11.8 Å². The van der Waals surface area contributed by atoms with Gasteiger partial charge in [0.05, 0.1) is 18.6 Å². The van der Waals surface area contributed by atoms with Gasteiger partial charge in [0.2, 0.25) is 5.91 Å². The van der Waals surface area contributed by atoms with Gasteiger partial charge in [-0.25, -0.2) is 0 Å². The topological polar surface area (TPSA) is 66.2 Å². The van der Waals surface area contributed by atoms with E-state index in [1.807, 2.05) is 18.0 Å². The summed E-state index contributed by atoms with van der Waals surface area (Å²) in [6.45, 7) is 2.31. The van der Waals surface area contributed by atoms with Crippen molar-refractivity contribution in [3.8, 4) is 11.5 Å². The number of likely N-dealkylation sites (tertiary alicyclic amines) is 1. The van der Waals surface area contributed by atoms with E-state index >= 15 is 0 Å². The van der Waals surface area contributed by atoms with Crippen molar-refractivity contribution < 1.29 is 19.1 Å². The van der Waals surface area contributed by atoms with Crippen LogP contribution in [0.25, 0.3) is 6.08 Å². The summed E-state index contributed by atoms with van der Waals surface area (Å²) < 4.78 is 11.8. The third-order valence-corrected chi connectivity index (χ3v) is 9.40. The molecule has 2 saturated carbocycles. The molecule has 2 aliphatic heterocycles. The Morgan fingerprint density at radius 2 is 2.15 bits per heavy atom. The average molecular weight is 461 g/mol. The van der Waals surface area contributed by atoms with Crippen LogP contribution in [-0.2, 0) is 16.6 Å². The molecule has 3 aliphatic carbocycles. The van der Waals surface area contributed by atoms with Crippen LogP contribution >= 0.6 is 0 Å². The van der Waals surface area contributed by atoms with Gasteiger partial charge in [0.15, 0.2) is 11.5 Å². The number of piperidine rings is 1. The van der Waals surface area contributed by atoms with Gasteiger partial charge >= 0.3 is 0 Å². The molecule has 0 unspecified atom stereocenters. The summed E-state index contributed by atoms with van der Waals surface area (Å²) in [6.07, 6.45) is 13.4. The van der Waals surface area contributed by atoms with E-state index in [1.165, 1.54) is 30.5 Å². The third-order valence-electron chi connectivity index (χ3n) is 9.40. The second kappa shape index (κ2) is 7.38. The number of carbonyl (C=O) groups is 1. The fourth-order valence-corrected chi connectivity index (χ4v) is 7.67. The number of amides is 1. The van der Waals surface area contributed by atoms with Gasteiger partial charge in [-0.15, -0.1) is 0 Å². The van der Waals surface area contributed by atoms with E-state index in [9.17, 15) is 9.90 Å². The SMILES string of the molecule is CN(C(=O)C=Cc1ccoc1)[C@H]1CC[C@H]2[C@H]3Cc4ccc(O)c5c4[C@@]2(CCN3CC2CC2)[C@H]1O5. The molecule has 6 heteroatoms. The number of likely N-dealkylation sites (N-methyl/N-ethyl adjacent to an activating group) is 1. The maximum Gasteiger partial charge on any atom is 0.246 e. The molecule has 1 spiro atoms. The van der Waals surface area contributed by atoms with Crippen molar-refractivity contribution >= 4 is 12.0 Å². The fourth-order valence-electron chi connectivity index (χ4n) is 7.67. The van der Waals surface area contributed by atoms with Gasteiger partial charge in [-0.1, -0.05) is 6.07 Å². The van der Waals surface area contributed by atoms with Crippen LogP contribution in [0.5, 0.6) is 11.5 Å². The molecule has 7 rings (SSSR count). The second-order valence-electron chi connectivity index (χ2n) is 11.1. The quantitative estimate of drug-likeness (QED) is 0.684. The van der Waals surface area contributed by atoms with E-state index in [4.69, 9.17) is 9.15 Å². The normalized spacial score (nSPS) is 33.6. The highest BCUT2D eigenvalue weighted by molar-refractivity contribution is 5.91. The standard InChI is InChI=1S/C28H32N2O4/c1-29(24(32)9-4-18-10-13-33-16-18)21-7-6-20-22-14-19-5-8-23(31)26-25(19)28(20,27(21)34-26)11-12-30(22)15-17-2-3-17/h4-5,8-10,13,16-17,20-22,27,31H,2-3,6-7,11-12,14-15H2,1H3/t20-,21-,22+,27-,28-/m0/s1. The van der Waals surface area contributed by atoms with Crippen molar-refractivity contribution in [1.29, 1.82) is 0 Å². The largest absolute Gasteiger partial charge is 0.504 e. The number of aromatic hydroxyl groups is 1. The first-order valence-corrected chi connectivity index (χ1v) is 12.8. The van der Waals surface area contributed by atoms with Crippen LogP contribution in [-0.4, -0.2) is 59.1 Å². The number of nitrogens with zero attached hydrogens (tertiary/aromatic N) is 2. The summed E-state index contributed by atoms with van der Waals surface area (Å²) in [5.74, 6) is 2.30. The Labute approximate surface area is 200 Å². The van der Waals surface area contributed by atoms with Crippen LogP contribution in [0.2, 0.25) is 0 Å². The Morgan fingerprint density at radius 1 is 1.26 bits per heavy atom. The molecule has 178 valence electrons. The van der Waals surface area contributed by atoms with Gasteiger partial charge in [0.25, 0.3) is 0 Å². The highest BCUT2D eigenvalue weighted by Gasteiger charge is 2.66. The first-order valence-electron chi connectivity index (χ1n) is 12.8. The summed E-state index contributed by atoms with van der Waals surface area (Å²) in [4.78, 5) is 17.8. The lowest BCUT2D eigenvalue weighted by Gasteiger charge is -2.60. The van der Waals surface area contributed by atoms with E-state index in [-0.39, 0.29) is 29.2 Å². The molecule has 0 radical (unpaired) electrons. The minimum absolute atomic E-state index is 0.0221. The molecular weight excluding hydrogens is 428 g/mol. The number of furan rings is 1. The second-order valence-corrected chi connectivity index (χ2v) is 11.1. The Kier molecular flexibility index (Phi) is 4.48. The van der Waals surface area contributed by atoms with E-state index in [1.54, 1.807) is 30.7 Å². The first kappa shape index (κ1) is 20.6. The highest BCUT2D eigenvalue weighted by atomic mass is 16.5. The molecule has 1 amide bonds. The lowest BCUT2D eigenvalue weighted by molar-refractivity contribution is -0.135. The van der Waals surface area contributed by atoms with Gasteiger partial charge in [-0.05, 0) is 80.7 Å². The minimum Gasteiger partial charge on any atom is -0.504 e. The van der Waals surface area contributed by atoms with Gasteiger partial charge in [-0.2, -0.15) is 0 Å². The predicted molar refractivity (Wildman–Crippen MR) is 128 cm³/mol. The van der Waals surface area contributed by atoms with Crippen LogP contribution < -0.4 is 4.74 Å². The molecule has 2 bridgehead atoms. The lowest BCUT2D eigenvalue weighted by atomic mass is 9.51. The van der Waals surface area contributed by atoms with Gasteiger partial charge in [0, 0.05) is 42.3 Å². The maximum atomic E-state index is 13.2. The van der Waals surface area contributed by atoms with Crippen LogP contribution in [0.3, 0.4) is 0 Å². The molecule has 5 aliphatic rings. The number of hydrogen-bond acceptors (Lipinski definition) is 5. The molecule has 1 aromatic heterocycles. The van der Waals surface area contributed by atoms with E-state index in [0.717, 1.165) is 43.7 Å². The van der Waals surface area contributed by atoms with Crippen LogP contribution in [0, 0.1) is 11.8 Å². The van der Waals surface area contributed by atoms with Gasteiger partial charge in [-0.3, -0.25) is 9.69 Å². The summed E-state index contributed by atoms with van der Waals surface area (Å²) in [5.41, 5.74) is 3.36. The van der Waals surface area contributed by atoms with Crippen molar-refractivity contribution in [2.75, 3.05) is 20.1 Å². The van der Waals surface area contributed by atoms with Crippen LogP contribution in [0.4, 0.5) is 0 Å².